The summed E-state index contributed by atoms with van der Waals surface area (Å²) < 4.78 is 1.65. The van der Waals surface area contributed by atoms with Gasteiger partial charge in [-0.1, -0.05) is 0 Å². The highest BCUT2D eigenvalue weighted by Crippen LogP contribution is 2.23. The maximum atomic E-state index is 10.9. The van der Waals surface area contributed by atoms with Crippen LogP contribution in [0.4, 0.5) is 5.69 Å². The molecule has 0 aliphatic rings. The highest BCUT2D eigenvalue weighted by Gasteiger charge is 2.13. The van der Waals surface area contributed by atoms with Crippen molar-refractivity contribution in [1.29, 1.82) is 0 Å². The van der Waals surface area contributed by atoms with Crippen molar-refractivity contribution in [2.45, 2.75) is 26.8 Å². The van der Waals surface area contributed by atoms with Crippen LogP contribution in [0.3, 0.4) is 0 Å². The molecule has 2 aromatic rings. The molecular formula is C15H19N3O4. The summed E-state index contributed by atoms with van der Waals surface area (Å²) in [4.78, 5) is 28.0. The molecule has 7 nitrogen and oxygen atoms in total. The van der Waals surface area contributed by atoms with Crippen LogP contribution in [-0.4, -0.2) is 44.8 Å². The number of hydrogen-bond donors (Lipinski definition) is 2. The Kier molecular flexibility index (Phi) is 4.65. The molecule has 1 aromatic heterocycles. The molecule has 1 aromatic carbocycles. The Balaban J connectivity index is 2.34. The summed E-state index contributed by atoms with van der Waals surface area (Å²) in [7, 11) is 0. The van der Waals surface area contributed by atoms with Crippen LogP contribution >= 0.6 is 0 Å². The zero-order valence-electron chi connectivity index (χ0n) is 12.6. The third-order valence-corrected chi connectivity index (χ3v) is 3.56. The minimum atomic E-state index is -0.914. The lowest BCUT2D eigenvalue weighted by Crippen LogP contribution is -2.25. The van der Waals surface area contributed by atoms with E-state index in [-0.39, 0.29) is 13.0 Å². The number of imidazole rings is 1. The molecule has 0 saturated carbocycles. The van der Waals surface area contributed by atoms with Gasteiger partial charge in [0.15, 0.2) is 0 Å². The predicted molar refractivity (Wildman–Crippen MR) is 82.2 cm³/mol. The molecule has 7 heteroatoms. The molecule has 0 radical (unpaired) electrons. The minimum absolute atomic E-state index is 0.0678. The van der Waals surface area contributed by atoms with Crippen LogP contribution in [0, 0.1) is 6.92 Å². The number of carboxylic acids is 2. The number of benzene rings is 1. The van der Waals surface area contributed by atoms with Crippen LogP contribution in [0.2, 0.25) is 0 Å². The van der Waals surface area contributed by atoms with Gasteiger partial charge in [0.25, 0.3) is 0 Å². The molecule has 2 N–H and O–H groups in total. The summed E-state index contributed by atoms with van der Waals surface area (Å²) >= 11 is 0. The first-order valence-electron chi connectivity index (χ1n) is 7.07. The van der Waals surface area contributed by atoms with Crippen LogP contribution in [0.25, 0.3) is 11.0 Å². The quantitative estimate of drug-likeness (QED) is 0.809. The van der Waals surface area contributed by atoms with Crippen molar-refractivity contribution in [2.75, 3.05) is 18.0 Å². The van der Waals surface area contributed by atoms with Gasteiger partial charge < -0.3 is 19.7 Å². The van der Waals surface area contributed by atoms with E-state index in [2.05, 4.69) is 4.98 Å². The molecule has 22 heavy (non-hydrogen) atoms. The number of aliphatic carboxylic acids is 2. The van der Waals surface area contributed by atoms with Crippen LogP contribution in [0.15, 0.2) is 18.2 Å². The monoisotopic (exact) mass is 305 g/mol. The number of aryl methyl sites for hydroxylation is 1. The van der Waals surface area contributed by atoms with Crippen LogP contribution in [-0.2, 0) is 16.1 Å². The standard InChI is InChI=1S/C15H19N3O4/c1-3-17(7-6-14(19)20)11-4-5-13-12(8-11)16-10(2)18(13)9-15(21)22/h4-5,8H,3,6-7,9H2,1-2H3,(H,19,20)(H,21,22). The largest absolute Gasteiger partial charge is 0.481 e. The maximum absolute atomic E-state index is 10.9. The van der Waals surface area contributed by atoms with Crippen molar-refractivity contribution >= 4 is 28.7 Å². The minimum Gasteiger partial charge on any atom is -0.481 e. The molecule has 0 unspecified atom stereocenters. The Morgan fingerprint density at radius 3 is 2.59 bits per heavy atom. The third-order valence-electron chi connectivity index (χ3n) is 3.56. The number of fused-ring (bicyclic) bond motifs is 1. The second-order valence-corrected chi connectivity index (χ2v) is 5.04. The first-order chi connectivity index (χ1) is 10.4. The molecule has 0 atom stereocenters. The summed E-state index contributed by atoms with van der Waals surface area (Å²) in [6.45, 7) is 4.71. The molecule has 0 fully saturated rings. The fraction of sp³-hybridized carbons (Fsp3) is 0.400. The molecular weight excluding hydrogens is 286 g/mol. The van der Waals surface area contributed by atoms with Crippen LogP contribution in [0.1, 0.15) is 19.2 Å². The van der Waals surface area contributed by atoms with Gasteiger partial charge in [0, 0.05) is 18.8 Å². The van der Waals surface area contributed by atoms with E-state index in [4.69, 9.17) is 10.2 Å². The van der Waals surface area contributed by atoms with Gasteiger partial charge >= 0.3 is 11.9 Å². The van der Waals surface area contributed by atoms with Crippen LogP contribution in [0.5, 0.6) is 0 Å². The SMILES string of the molecule is CCN(CCC(=O)O)c1ccc2c(c1)nc(C)n2CC(=O)O. The van der Waals surface area contributed by atoms with E-state index in [1.54, 1.807) is 11.5 Å². The number of hydrogen-bond acceptors (Lipinski definition) is 4. The Morgan fingerprint density at radius 1 is 1.27 bits per heavy atom. The number of carboxylic acid groups (broad SMARTS) is 2. The molecule has 0 amide bonds. The molecule has 0 aliphatic heterocycles. The van der Waals surface area contributed by atoms with Crippen molar-refractivity contribution in [3.8, 4) is 0 Å². The van der Waals surface area contributed by atoms with Crippen LogP contribution < -0.4 is 4.90 Å². The fourth-order valence-electron chi connectivity index (χ4n) is 2.47. The average Bonchev–Trinajstić information content (AvgIpc) is 2.74. The van der Waals surface area contributed by atoms with E-state index in [1.807, 2.05) is 30.0 Å². The highest BCUT2D eigenvalue weighted by molar-refractivity contribution is 5.82. The second kappa shape index (κ2) is 6.46. The van der Waals surface area contributed by atoms with Crippen molar-refractivity contribution in [2.24, 2.45) is 0 Å². The van der Waals surface area contributed by atoms with E-state index in [0.29, 0.717) is 24.4 Å². The molecule has 0 saturated heterocycles. The van der Waals surface area contributed by atoms with Gasteiger partial charge in [-0.3, -0.25) is 9.59 Å². The van der Waals surface area contributed by atoms with Crippen molar-refractivity contribution in [3.63, 3.8) is 0 Å². The van der Waals surface area contributed by atoms with Gasteiger partial charge in [0.1, 0.15) is 12.4 Å². The number of aromatic nitrogens is 2. The number of anilines is 1. The Labute approximate surface area is 127 Å². The van der Waals surface area contributed by atoms with Crippen molar-refractivity contribution in [3.05, 3.63) is 24.0 Å². The predicted octanol–water partition coefficient (Wildman–Crippen LogP) is 1.73. The lowest BCUT2D eigenvalue weighted by molar-refractivity contribution is -0.138. The smallest absolute Gasteiger partial charge is 0.323 e. The van der Waals surface area contributed by atoms with E-state index >= 15 is 0 Å². The first-order valence-corrected chi connectivity index (χ1v) is 7.07. The number of rotatable bonds is 7. The number of nitrogens with zero attached hydrogens (tertiary/aromatic N) is 3. The van der Waals surface area contributed by atoms with E-state index in [1.165, 1.54) is 0 Å². The van der Waals surface area contributed by atoms with Gasteiger partial charge in [-0.2, -0.15) is 0 Å². The summed E-state index contributed by atoms with van der Waals surface area (Å²) in [5.41, 5.74) is 2.36. The topological polar surface area (TPSA) is 95.7 Å². The van der Waals surface area contributed by atoms with Crippen molar-refractivity contribution < 1.29 is 19.8 Å². The third kappa shape index (κ3) is 3.36. The Hall–Kier alpha value is -2.57. The molecule has 1 heterocycles. The summed E-state index contributed by atoms with van der Waals surface area (Å²) in [5, 5.41) is 17.8. The van der Waals surface area contributed by atoms with Gasteiger partial charge in [0.2, 0.25) is 0 Å². The zero-order chi connectivity index (χ0) is 16.3. The molecule has 0 spiro atoms. The zero-order valence-corrected chi connectivity index (χ0v) is 12.6. The summed E-state index contributed by atoms with van der Waals surface area (Å²) in [5.74, 6) is -1.10. The first kappa shape index (κ1) is 15.8. The summed E-state index contributed by atoms with van der Waals surface area (Å²) in [6.07, 6.45) is 0.0678. The summed E-state index contributed by atoms with van der Waals surface area (Å²) in [6, 6.07) is 5.57. The second-order valence-electron chi connectivity index (χ2n) is 5.04. The van der Waals surface area contributed by atoms with E-state index in [0.717, 1.165) is 11.2 Å². The average molecular weight is 305 g/mol. The fourth-order valence-corrected chi connectivity index (χ4v) is 2.47. The molecule has 2 rings (SSSR count). The lowest BCUT2D eigenvalue weighted by Gasteiger charge is -2.22. The van der Waals surface area contributed by atoms with E-state index < -0.39 is 11.9 Å². The molecule has 0 bridgehead atoms. The van der Waals surface area contributed by atoms with Gasteiger partial charge in [-0.05, 0) is 32.0 Å². The highest BCUT2D eigenvalue weighted by atomic mass is 16.4. The maximum Gasteiger partial charge on any atom is 0.323 e. The van der Waals surface area contributed by atoms with E-state index in [9.17, 15) is 9.59 Å². The lowest BCUT2D eigenvalue weighted by atomic mass is 10.2. The molecule has 118 valence electrons. The number of carbonyl (C=O) groups is 2. The van der Waals surface area contributed by atoms with Gasteiger partial charge in [0.05, 0.1) is 17.5 Å². The Bertz CT molecular complexity index is 708. The normalized spacial score (nSPS) is 10.8. The van der Waals surface area contributed by atoms with Crippen molar-refractivity contribution in [1.82, 2.24) is 9.55 Å². The molecule has 0 aliphatic carbocycles. The Morgan fingerprint density at radius 2 is 2.00 bits per heavy atom. The van der Waals surface area contributed by atoms with Gasteiger partial charge in [-0.25, -0.2) is 4.98 Å². The van der Waals surface area contributed by atoms with Gasteiger partial charge in [-0.15, -0.1) is 0 Å².